The van der Waals surface area contributed by atoms with E-state index in [1.54, 1.807) is 0 Å². The number of allylic oxidation sites excluding steroid dienone is 4. The molecule has 0 saturated carbocycles. The maximum absolute atomic E-state index is 10.3. The van der Waals surface area contributed by atoms with Crippen molar-refractivity contribution < 1.29 is 4.79 Å². The van der Waals surface area contributed by atoms with Crippen molar-refractivity contribution >= 4 is 16.8 Å². The maximum Gasteiger partial charge on any atom is 0.225 e. The van der Waals surface area contributed by atoms with E-state index in [1.165, 1.54) is 0 Å². The molecule has 0 N–H and O–H groups in total. The van der Waals surface area contributed by atoms with Gasteiger partial charge in [-0.3, -0.25) is 4.79 Å². The predicted octanol–water partition coefficient (Wildman–Crippen LogP) is 2.03. The molecule has 0 saturated heterocycles. The Morgan fingerprint density at radius 2 is 2.56 bits per heavy atom. The number of rotatable bonds is 2. The Morgan fingerprint density at radius 3 is 3.00 bits per heavy atom. The molecule has 1 rings (SSSR count). The van der Waals surface area contributed by atoms with Crippen LogP contribution in [-0.4, -0.2) is 5.24 Å². The van der Waals surface area contributed by atoms with Crippen molar-refractivity contribution in [1.82, 2.24) is 0 Å². The van der Waals surface area contributed by atoms with Gasteiger partial charge in [0.1, 0.15) is 0 Å². The van der Waals surface area contributed by atoms with Gasteiger partial charge >= 0.3 is 0 Å². The molecule has 0 unspecified atom stereocenters. The molecule has 0 aromatic rings. The Morgan fingerprint density at radius 1 is 1.78 bits per heavy atom. The SMILES string of the molecule is O=C(Cl)CC1=CC=CC1. The summed E-state index contributed by atoms with van der Waals surface area (Å²) in [5.74, 6) is 0. The van der Waals surface area contributed by atoms with E-state index in [2.05, 4.69) is 0 Å². The molecule has 1 nitrogen and oxygen atoms in total. The highest BCUT2D eigenvalue weighted by molar-refractivity contribution is 6.63. The fraction of sp³-hybridized carbons (Fsp3) is 0.286. The average molecular weight is 143 g/mol. The Labute approximate surface area is 59.0 Å². The smallest absolute Gasteiger partial charge is 0.225 e. The Bertz CT molecular complexity index is 179. The van der Waals surface area contributed by atoms with Crippen molar-refractivity contribution in [2.75, 3.05) is 0 Å². The molecule has 2 heteroatoms. The van der Waals surface area contributed by atoms with Gasteiger partial charge in [-0.05, 0) is 18.0 Å². The van der Waals surface area contributed by atoms with Gasteiger partial charge in [0.05, 0.1) is 0 Å². The monoisotopic (exact) mass is 142 g/mol. The van der Waals surface area contributed by atoms with Crippen LogP contribution in [0.3, 0.4) is 0 Å². The fourth-order valence-electron chi connectivity index (χ4n) is 0.801. The van der Waals surface area contributed by atoms with E-state index in [4.69, 9.17) is 11.6 Å². The summed E-state index contributed by atoms with van der Waals surface area (Å²) in [4.78, 5) is 10.3. The molecule has 0 radical (unpaired) electrons. The Balaban J connectivity index is 2.39. The van der Waals surface area contributed by atoms with Crippen LogP contribution in [0.4, 0.5) is 0 Å². The van der Waals surface area contributed by atoms with Gasteiger partial charge in [0.15, 0.2) is 0 Å². The molecule has 9 heavy (non-hydrogen) atoms. The van der Waals surface area contributed by atoms with Gasteiger partial charge in [-0.15, -0.1) is 0 Å². The minimum absolute atomic E-state index is 0.273. The normalized spacial score (nSPS) is 15.9. The van der Waals surface area contributed by atoms with Gasteiger partial charge in [-0.25, -0.2) is 0 Å². The van der Waals surface area contributed by atoms with Crippen LogP contribution in [0, 0.1) is 0 Å². The lowest BCUT2D eigenvalue weighted by Gasteiger charge is -1.91. The lowest BCUT2D eigenvalue weighted by Crippen LogP contribution is -1.87. The van der Waals surface area contributed by atoms with Crippen LogP contribution in [0.15, 0.2) is 23.8 Å². The highest BCUT2D eigenvalue weighted by Crippen LogP contribution is 2.14. The Kier molecular flexibility index (Phi) is 2.06. The number of carbonyl (C=O) groups is 1. The topological polar surface area (TPSA) is 17.1 Å². The zero-order valence-electron chi connectivity index (χ0n) is 4.93. The summed E-state index contributed by atoms with van der Waals surface area (Å²) >= 11 is 5.15. The fourth-order valence-corrected chi connectivity index (χ4v) is 0.973. The summed E-state index contributed by atoms with van der Waals surface area (Å²) in [5.41, 5.74) is 1.11. The van der Waals surface area contributed by atoms with Crippen molar-refractivity contribution in [2.45, 2.75) is 12.8 Å². The van der Waals surface area contributed by atoms with Crippen LogP contribution in [0.2, 0.25) is 0 Å². The van der Waals surface area contributed by atoms with Gasteiger partial charge in [0.2, 0.25) is 5.24 Å². The summed E-state index contributed by atoms with van der Waals surface area (Å²) in [6, 6.07) is 0. The number of halogens is 1. The number of hydrogen-bond donors (Lipinski definition) is 0. The summed E-state index contributed by atoms with van der Waals surface area (Å²) < 4.78 is 0. The summed E-state index contributed by atoms with van der Waals surface area (Å²) in [7, 11) is 0. The van der Waals surface area contributed by atoms with Crippen LogP contribution in [0.5, 0.6) is 0 Å². The van der Waals surface area contributed by atoms with Gasteiger partial charge in [-0.1, -0.05) is 23.8 Å². The number of hydrogen-bond acceptors (Lipinski definition) is 1. The largest absolute Gasteiger partial charge is 0.281 e. The molecule has 48 valence electrons. The predicted molar refractivity (Wildman–Crippen MR) is 37.3 cm³/mol. The van der Waals surface area contributed by atoms with Crippen molar-refractivity contribution in [2.24, 2.45) is 0 Å². The first-order valence-electron chi connectivity index (χ1n) is 2.82. The summed E-state index contributed by atoms with van der Waals surface area (Å²) in [6.45, 7) is 0. The second kappa shape index (κ2) is 2.83. The van der Waals surface area contributed by atoms with E-state index in [0.29, 0.717) is 6.42 Å². The molecule has 1 aliphatic carbocycles. The first-order chi connectivity index (χ1) is 4.29. The van der Waals surface area contributed by atoms with E-state index < -0.39 is 0 Å². The molecule has 0 aliphatic heterocycles. The highest BCUT2D eigenvalue weighted by atomic mass is 35.5. The van der Waals surface area contributed by atoms with Crippen LogP contribution in [0.1, 0.15) is 12.8 Å². The molecule has 0 atom stereocenters. The van der Waals surface area contributed by atoms with Gasteiger partial charge in [0, 0.05) is 6.42 Å². The standard InChI is InChI=1S/C7H7ClO/c8-7(9)5-6-3-1-2-4-6/h1-3H,4-5H2. The second-order valence-corrected chi connectivity index (χ2v) is 2.41. The molecule has 0 bridgehead atoms. The van der Waals surface area contributed by atoms with Crippen LogP contribution in [-0.2, 0) is 4.79 Å². The molecule has 0 heterocycles. The van der Waals surface area contributed by atoms with E-state index >= 15 is 0 Å². The first-order valence-corrected chi connectivity index (χ1v) is 3.20. The molecule has 0 spiro atoms. The van der Waals surface area contributed by atoms with Gasteiger partial charge in [-0.2, -0.15) is 0 Å². The molecule has 1 aliphatic rings. The van der Waals surface area contributed by atoms with E-state index in [9.17, 15) is 4.79 Å². The van der Waals surface area contributed by atoms with E-state index in [0.717, 1.165) is 12.0 Å². The third-order valence-corrected chi connectivity index (χ3v) is 1.35. The lowest BCUT2D eigenvalue weighted by molar-refractivity contribution is -0.111. The molecule has 0 fully saturated rings. The van der Waals surface area contributed by atoms with E-state index in [1.807, 2.05) is 18.2 Å². The van der Waals surface area contributed by atoms with Crippen molar-refractivity contribution in [3.63, 3.8) is 0 Å². The van der Waals surface area contributed by atoms with Crippen LogP contribution < -0.4 is 0 Å². The summed E-state index contributed by atoms with van der Waals surface area (Å²) in [6.07, 6.45) is 7.16. The Hall–Kier alpha value is -0.560. The highest BCUT2D eigenvalue weighted by Gasteiger charge is 2.02. The molecule has 0 amide bonds. The second-order valence-electron chi connectivity index (χ2n) is 1.99. The third-order valence-electron chi connectivity index (χ3n) is 1.21. The van der Waals surface area contributed by atoms with Crippen molar-refractivity contribution in [1.29, 1.82) is 0 Å². The zero-order valence-corrected chi connectivity index (χ0v) is 5.69. The maximum atomic E-state index is 10.3. The molecule has 0 aromatic carbocycles. The first kappa shape index (κ1) is 6.56. The lowest BCUT2D eigenvalue weighted by atomic mass is 10.2. The third kappa shape index (κ3) is 2.02. The molecular weight excluding hydrogens is 136 g/mol. The number of carbonyl (C=O) groups excluding carboxylic acids is 1. The minimum Gasteiger partial charge on any atom is -0.281 e. The van der Waals surface area contributed by atoms with Crippen molar-refractivity contribution in [3.8, 4) is 0 Å². The van der Waals surface area contributed by atoms with Crippen LogP contribution >= 0.6 is 11.6 Å². The van der Waals surface area contributed by atoms with E-state index in [-0.39, 0.29) is 5.24 Å². The minimum atomic E-state index is -0.273. The quantitative estimate of drug-likeness (QED) is 0.540. The van der Waals surface area contributed by atoms with Gasteiger partial charge in [0.25, 0.3) is 0 Å². The van der Waals surface area contributed by atoms with Crippen molar-refractivity contribution in [3.05, 3.63) is 23.8 Å². The average Bonchev–Trinajstić information content (AvgIpc) is 2.15. The molecule has 0 aromatic heterocycles. The molecular formula is C7H7ClO. The van der Waals surface area contributed by atoms with Crippen LogP contribution in [0.25, 0.3) is 0 Å². The van der Waals surface area contributed by atoms with Gasteiger partial charge < -0.3 is 0 Å². The zero-order chi connectivity index (χ0) is 6.69. The summed E-state index contributed by atoms with van der Waals surface area (Å²) in [5, 5.41) is -0.273.